The van der Waals surface area contributed by atoms with Gasteiger partial charge in [0.05, 0.1) is 18.1 Å². The molecule has 1 atom stereocenters. The van der Waals surface area contributed by atoms with Crippen LogP contribution in [0.3, 0.4) is 0 Å². The Kier molecular flexibility index (Phi) is 6.82. The van der Waals surface area contributed by atoms with Gasteiger partial charge in [0.1, 0.15) is 23.9 Å². The second-order valence-corrected chi connectivity index (χ2v) is 14.8. The molecular formula is C20H25BrF2N4OSi. The largest absolute Gasteiger partial charge is 0.361 e. The lowest BCUT2D eigenvalue weighted by atomic mass is 10.0. The summed E-state index contributed by atoms with van der Waals surface area (Å²) in [6, 6.07) is 5.81. The lowest BCUT2D eigenvalue weighted by molar-refractivity contribution is 0.0894. The van der Waals surface area contributed by atoms with Crippen molar-refractivity contribution in [3.63, 3.8) is 0 Å². The zero-order valence-electron chi connectivity index (χ0n) is 16.8. The standard InChI is InChI=1S/C20H25BrF2N4OSi/c1-29(2,3)5-4-28-12-27-11-25-18-10-16(21)19(26-20(18)27)17(24)8-13-6-14(22)9-15(23)7-13/h6-7,9-11,17H,4-5,8,12,24H2,1-3H3. The van der Waals surface area contributed by atoms with Gasteiger partial charge < -0.3 is 10.5 Å². The minimum atomic E-state index is -1.15. The molecule has 1 unspecified atom stereocenters. The molecule has 9 heteroatoms. The minimum Gasteiger partial charge on any atom is -0.361 e. The summed E-state index contributed by atoms with van der Waals surface area (Å²) in [5.41, 5.74) is 8.78. The van der Waals surface area contributed by atoms with Crippen molar-refractivity contribution < 1.29 is 13.5 Å². The van der Waals surface area contributed by atoms with Gasteiger partial charge in [-0.05, 0) is 52.2 Å². The fourth-order valence-electron chi connectivity index (χ4n) is 2.95. The summed E-state index contributed by atoms with van der Waals surface area (Å²) in [4.78, 5) is 9.05. The van der Waals surface area contributed by atoms with Crippen molar-refractivity contribution in [3.05, 3.63) is 58.0 Å². The highest BCUT2D eigenvalue weighted by atomic mass is 79.9. The molecule has 2 heterocycles. The second kappa shape index (κ2) is 8.99. The number of nitrogens with two attached hydrogens (primary N) is 1. The van der Waals surface area contributed by atoms with Crippen LogP contribution in [-0.2, 0) is 17.9 Å². The Labute approximate surface area is 178 Å². The van der Waals surface area contributed by atoms with Gasteiger partial charge in [0, 0.05) is 25.2 Å². The number of ether oxygens (including phenoxy) is 1. The molecule has 3 rings (SSSR count). The van der Waals surface area contributed by atoms with Gasteiger partial charge in [0.15, 0.2) is 5.65 Å². The first-order chi connectivity index (χ1) is 13.6. The van der Waals surface area contributed by atoms with Crippen molar-refractivity contribution in [3.8, 4) is 0 Å². The summed E-state index contributed by atoms with van der Waals surface area (Å²) >= 11 is 3.49. The molecule has 0 amide bonds. The Bertz CT molecular complexity index is 986. The molecule has 156 valence electrons. The van der Waals surface area contributed by atoms with E-state index in [-0.39, 0.29) is 6.42 Å². The van der Waals surface area contributed by atoms with E-state index in [9.17, 15) is 8.78 Å². The molecule has 0 saturated heterocycles. The lowest BCUT2D eigenvalue weighted by Gasteiger charge is -2.16. The Balaban J connectivity index is 1.78. The third-order valence-electron chi connectivity index (χ3n) is 4.53. The number of aromatic nitrogens is 3. The maximum Gasteiger partial charge on any atom is 0.162 e. The minimum absolute atomic E-state index is 0.257. The van der Waals surface area contributed by atoms with Crippen molar-refractivity contribution in [2.75, 3.05) is 6.61 Å². The number of pyridine rings is 1. The number of rotatable bonds is 8. The molecule has 2 aromatic heterocycles. The van der Waals surface area contributed by atoms with Crippen molar-refractivity contribution in [1.82, 2.24) is 14.5 Å². The summed E-state index contributed by atoms with van der Waals surface area (Å²) in [5.74, 6) is -1.24. The average molecular weight is 483 g/mol. The number of halogens is 3. The summed E-state index contributed by atoms with van der Waals surface area (Å²) in [6.45, 7) is 7.98. The van der Waals surface area contributed by atoms with Gasteiger partial charge in [-0.2, -0.15) is 0 Å². The average Bonchev–Trinajstić information content (AvgIpc) is 2.98. The highest BCUT2D eigenvalue weighted by Crippen LogP contribution is 2.27. The van der Waals surface area contributed by atoms with Crippen LogP contribution in [0.5, 0.6) is 0 Å². The van der Waals surface area contributed by atoms with E-state index in [1.165, 1.54) is 12.1 Å². The Morgan fingerprint density at radius 2 is 1.86 bits per heavy atom. The Hall–Kier alpha value is -1.68. The van der Waals surface area contributed by atoms with E-state index in [0.717, 1.165) is 17.6 Å². The summed E-state index contributed by atoms with van der Waals surface area (Å²) in [5, 5.41) is 0. The molecule has 0 aliphatic carbocycles. The van der Waals surface area contributed by atoms with E-state index in [0.29, 0.717) is 34.7 Å². The van der Waals surface area contributed by atoms with Crippen molar-refractivity contribution >= 4 is 35.2 Å². The van der Waals surface area contributed by atoms with Crippen molar-refractivity contribution in [1.29, 1.82) is 0 Å². The van der Waals surface area contributed by atoms with Gasteiger partial charge in [0.25, 0.3) is 0 Å². The molecule has 2 N–H and O–H groups in total. The zero-order chi connectivity index (χ0) is 21.2. The number of benzene rings is 1. The van der Waals surface area contributed by atoms with Crippen LogP contribution in [-0.4, -0.2) is 29.2 Å². The molecule has 5 nitrogen and oxygen atoms in total. The Morgan fingerprint density at radius 3 is 2.52 bits per heavy atom. The number of imidazole rings is 1. The van der Waals surface area contributed by atoms with Gasteiger partial charge in [-0.1, -0.05) is 19.6 Å². The number of hydrogen-bond acceptors (Lipinski definition) is 4. The number of hydrogen-bond donors (Lipinski definition) is 1. The summed E-state index contributed by atoms with van der Waals surface area (Å²) < 4.78 is 35.3. The van der Waals surface area contributed by atoms with E-state index < -0.39 is 25.8 Å². The highest BCUT2D eigenvalue weighted by Gasteiger charge is 2.17. The Morgan fingerprint density at radius 1 is 1.17 bits per heavy atom. The molecule has 0 fully saturated rings. The van der Waals surface area contributed by atoms with Crippen molar-refractivity contribution in [2.45, 2.75) is 44.9 Å². The van der Waals surface area contributed by atoms with E-state index in [1.807, 2.05) is 10.6 Å². The molecule has 0 bridgehead atoms. The van der Waals surface area contributed by atoms with Crippen LogP contribution in [0.4, 0.5) is 8.78 Å². The van der Waals surface area contributed by atoms with E-state index >= 15 is 0 Å². The molecule has 3 aromatic rings. The highest BCUT2D eigenvalue weighted by molar-refractivity contribution is 9.10. The second-order valence-electron chi connectivity index (χ2n) is 8.35. The fraction of sp³-hybridized carbons (Fsp3) is 0.400. The molecule has 0 saturated carbocycles. The molecule has 0 aliphatic heterocycles. The number of nitrogens with zero attached hydrogens (tertiary/aromatic N) is 3. The fourth-order valence-corrected chi connectivity index (χ4v) is 4.31. The third-order valence-corrected chi connectivity index (χ3v) is 6.87. The van der Waals surface area contributed by atoms with Gasteiger partial charge in [-0.3, -0.25) is 4.57 Å². The van der Waals surface area contributed by atoms with Gasteiger partial charge in [-0.25, -0.2) is 18.7 Å². The molecule has 0 aliphatic rings. The lowest BCUT2D eigenvalue weighted by Crippen LogP contribution is -2.22. The molecule has 1 aromatic carbocycles. The maximum atomic E-state index is 13.5. The van der Waals surface area contributed by atoms with Crippen LogP contribution in [0.1, 0.15) is 17.3 Å². The zero-order valence-corrected chi connectivity index (χ0v) is 19.3. The summed E-state index contributed by atoms with van der Waals surface area (Å²) in [7, 11) is -1.15. The third kappa shape index (κ3) is 5.91. The van der Waals surface area contributed by atoms with E-state index in [4.69, 9.17) is 10.5 Å². The first-order valence-corrected chi connectivity index (χ1v) is 13.9. The van der Waals surface area contributed by atoms with Gasteiger partial charge in [-0.15, -0.1) is 0 Å². The van der Waals surface area contributed by atoms with Crippen LogP contribution < -0.4 is 5.73 Å². The molecule has 0 spiro atoms. The smallest absolute Gasteiger partial charge is 0.162 e. The van der Waals surface area contributed by atoms with Crippen LogP contribution in [0, 0.1) is 11.6 Å². The molecule has 0 radical (unpaired) electrons. The normalized spacial score (nSPS) is 13.2. The SMILES string of the molecule is C[Si](C)(C)CCOCn1cnc2cc(Br)c(C(N)Cc3cc(F)cc(F)c3)nc21. The topological polar surface area (TPSA) is 66.0 Å². The maximum absolute atomic E-state index is 13.5. The van der Waals surface area contributed by atoms with Gasteiger partial charge in [0.2, 0.25) is 0 Å². The predicted molar refractivity (Wildman–Crippen MR) is 116 cm³/mol. The quantitative estimate of drug-likeness (QED) is 0.361. The first-order valence-electron chi connectivity index (χ1n) is 9.42. The van der Waals surface area contributed by atoms with Crippen LogP contribution >= 0.6 is 15.9 Å². The molecule has 29 heavy (non-hydrogen) atoms. The first kappa shape index (κ1) is 22.0. The van der Waals surface area contributed by atoms with Crippen LogP contribution in [0.15, 0.2) is 35.1 Å². The van der Waals surface area contributed by atoms with Crippen LogP contribution in [0.2, 0.25) is 25.7 Å². The number of fused-ring (bicyclic) bond motifs is 1. The monoisotopic (exact) mass is 482 g/mol. The van der Waals surface area contributed by atoms with Crippen molar-refractivity contribution in [2.24, 2.45) is 5.73 Å². The predicted octanol–water partition coefficient (Wildman–Crippen LogP) is 5.03. The van der Waals surface area contributed by atoms with Gasteiger partial charge >= 0.3 is 0 Å². The molecular weight excluding hydrogens is 458 g/mol. The van der Waals surface area contributed by atoms with E-state index in [2.05, 4.69) is 45.5 Å². The van der Waals surface area contributed by atoms with E-state index in [1.54, 1.807) is 6.33 Å². The summed E-state index contributed by atoms with van der Waals surface area (Å²) in [6.07, 6.45) is 1.95. The van der Waals surface area contributed by atoms with Crippen LogP contribution in [0.25, 0.3) is 11.2 Å².